The number of carbonyl (C=O) groups excluding carboxylic acids is 1. The fourth-order valence-corrected chi connectivity index (χ4v) is 4.04. The monoisotopic (exact) mass is 420 g/mol. The zero-order chi connectivity index (χ0) is 18.8. The van der Waals surface area contributed by atoms with Gasteiger partial charge >= 0.3 is 0 Å². The summed E-state index contributed by atoms with van der Waals surface area (Å²) >= 11 is 17.9. The molecule has 1 N–H and O–H groups in total. The fraction of sp³-hybridized carbons (Fsp3) is 0.188. The lowest BCUT2D eigenvalue weighted by Gasteiger charge is -2.29. The SMILES string of the molecule is C[C@H](C(=O)Nc1cccc(Cl)c1)N(c1cc(Cl)ccc1Cl)S(C)(=O)=O. The molecule has 134 valence electrons. The van der Waals surface area contributed by atoms with E-state index in [-0.39, 0.29) is 10.7 Å². The summed E-state index contributed by atoms with van der Waals surface area (Å²) in [6.45, 7) is 1.46. The summed E-state index contributed by atoms with van der Waals surface area (Å²) in [6.07, 6.45) is 0.993. The molecule has 0 unspecified atom stereocenters. The summed E-state index contributed by atoms with van der Waals surface area (Å²) in [5.41, 5.74) is 0.584. The van der Waals surface area contributed by atoms with Crippen molar-refractivity contribution in [2.24, 2.45) is 0 Å². The first-order chi connectivity index (χ1) is 11.6. The second kappa shape index (κ2) is 7.83. The number of carbonyl (C=O) groups is 1. The Hall–Kier alpha value is -1.47. The molecule has 25 heavy (non-hydrogen) atoms. The van der Waals surface area contributed by atoms with Crippen LogP contribution >= 0.6 is 34.8 Å². The molecule has 0 bridgehead atoms. The number of sulfonamides is 1. The number of rotatable bonds is 5. The Balaban J connectivity index is 2.38. The maximum atomic E-state index is 12.5. The summed E-state index contributed by atoms with van der Waals surface area (Å²) < 4.78 is 25.5. The van der Waals surface area contributed by atoms with E-state index in [4.69, 9.17) is 34.8 Å². The number of amides is 1. The van der Waals surface area contributed by atoms with Gasteiger partial charge in [0.25, 0.3) is 0 Å². The molecule has 2 aromatic rings. The molecule has 0 aliphatic rings. The summed E-state index contributed by atoms with van der Waals surface area (Å²) in [7, 11) is -3.80. The number of nitrogens with zero attached hydrogens (tertiary/aromatic N) is 1. The van der Waals surface area contributed by atoms with E-state index >= 15 is 0 Å². The van der Waals surface area contributed by atoms with Crippen LogP contribution in [0.4, 0.5) is 11.4 Å². The first-order valence-electron chi connectivity index (χ1n) is 7.10. The van der Waals surface area contributed by atoms with E-state index in [1.165, 1.54) is 25.1 Å². The van der Waals surface area contributed by atoms with Crippen LogP contribution in [0.5, 0.6) is 0 Å². The van der Waals surface area contributed by atoms with E-state index in [1.807, 2.05) is 0 Å². The van der Waals surface area contributed by atoms with E-state index in [2.05, 4.69) is 5.32 Å². The van der Waals surface area contributed by atoms with Crippen molar-refractivity contribution in [3.63, 3.8) is 0 Å². The van der Waals surface area contributed by atoms with Crippen molar-refractivity contribution in [2.75, 3.05) is 15.9 Å². The second-order valence-electron chi connectivity index (χ2n) is 5.33. The minimum Gasteiger partial charge on any atom is -0.324 e. The van der Waals surface area contributed by atoms with E-state index in [9.17, 15) is 13.2 Å². The van der Waals surface area contributed by atoms with Crippen molar-refractivity contribution in [3.8, 4) is 0 Å². The lowest BCUT2D eigenvalue weighted by Crippen LogP contribution is -2.45. The quantitative estimate of drug-likeness (QED) is 0.776. The highest BCUT2D eigenvalue weighted by Crippen LogP contribution is 2.32. The van der Waals surface area contributed by atoms with Gasteiger partial charge in [0.15, 0.2) is 0 Å². The van der Waals surface area contributed by atoms with Gasteiger partial charge in [0.1, 0.15) is 6.04 Å². The molecule has 1 atom stereocenters. The molecule has 0 saturated carbocycles. The van der Waals surface area contributed by atoms with Crippen LogP contribution in [0.2, 0.25) is 15.1 Å². The van der Waals surface area contributed by atoms with E-state index < -0.39 is 22.0 Å². The Labute approximate surface area is 161 Å². The molecule has 0 spiro atoms. The van der Waals surface area contributed by atoms with Crippen LogP contribution in [-0.4, -0.2) is 26.6 Å². The van der Waals surface area contributed by atoms with E-state index in [1.54, 1.807) is 24.3 Å². The fourth-order valence-electron chi connectivity index (χ4n) is 2.25. The van der Waals surface area contributed by atoms with Gasteiger partial charge in [-0.2, -0.15) is 0 Å². The van der Waals surface area contributed by atoms with Crippen molar-refractivity contribution in [1.82, 2.24) is 0 Å². The summed E-state index contributed by atoms with van der Waals surface area (Å²) in [5.74, 6) is -0.538. The number of anilines is 2. The van der Waals surface area contributed by atoms with Crippen LogP contribution < -0.4 is 9.62 Å². The summed E-state index contributed by atoms with van der Waals surface area (Å²) in [6, 6.07) is 9.87. The van der Waals surface area contributed by atoms with Gasteiger partial charge in [-0.25, -0.2) is 8.42 Å². The molecule has 0 aromatic heterocycles. The van der Waals surface area contributed by atoms with Crippen LogP contribution in [0.25, 0.3) is 0 Å². The van der Waals surface area contributed by atoms with Crippen molar-refractivity contribution < 1.29 is 13.2 Å². The largest absolute Gasteiger partial charge is 0.324 e. The topological polar surface area (TPSA) is 66.5 Å². The average molecular weight is 422 g/mol. The molecular weight excluding hydrogens is 407 g/mol. The number of halogens is 3. The Kier molecular flexibility index (Phi) is 6.21. The minimum absolute atomic E-state index is 0.130. The Morgan fingerprint density at radius 3 is 2.32 bits per heavy atom. The average Bonchev–Trinajstić information content (AvgIpc) is 2.49. The standard InChI is InChI=1S/C16H15Cl3N2O3S/c1-10(16(22)20-13-5-3-4-11(17)8-13)21(25(2,23)24)15-9-12(18)6-7-14(15)19/h3-10H,1-2H3,(H,20,22)/t10-/m1/s1. The van der Waals surface area contributed by atoms with E-state index in [0.29, 0.717) is 15.7 Å². The van der Waals surface area contributed by atoms with Crippen LogP contribution in [-0.2, 0) is 14.8 Å². The number of benzene rings is 2. The summed E-state index contributed by atoms with van der Waals surface area (Å²) in [5, 5.41) is 3.55. The van der Waals surface area contributed by atoms with Gasteiger partial charge in [0, 0.05) is 15.7 Å². The highest BCUT2D eigenvalue weighted by atomic mass is 35.5. The molecule has 0 saturated heterocycles. The van der Waals surface area contributed by atoms with Crippen LogP contribution in [0.15, 0.2) is 42.5 Å². The van der Waals surface area contributed by atoms with Gasteiger partial charge in [-0.3, -0.25) is 9.10 Å². The molecule has 1 amide bonds. The Morgan fingerprint density at radius 2 is 1.72 bits per heavy atom. The minimum atomic E-state index is -3.80. The number of nitrogens with one attached hydrogen (secondary N) is 1. The van der Waals surface area contributed by atoms with Gasteiger partial charge in [-0.1, -0.05) is 40.9 Å². The van der Waals surface area contributed by atoms with Crippen molar-refractivity contribution in [2.45, 2.75) is 13.0 Å². The lowest BCUT2D eigenvalue weighted by molar-refractivity contribution is -0.116. The molecule has 0 heterocycles. The Morgan fingerprint density at radius 1 is 1.08 bits per heavy atom. The molecule has 0 aliphatic heterocycles. The maximum absolute atomic E-state index is 12.5. The lowest BCUT2D eigenvalue weighted by atomic mass is 10.2. The normalized spacial score (nSPS) is 12.5. The molecule has 0 radical (unpaired) electrons. The summed E-state index contributed by atoms with van der Waals surface area (Å²) in [4.78, 5) is 12.5. The van der Waals surface area contributed by atoms with Gasteiger partial charge < -0.3 is 5.32 Å². The maximum Gasteiger partial charge on any atom is 0.247 e. The van der Waals surface area contributed by atoms with Crippen LogP contribution in [0.3, 0.4) is 0 Å². The highest BCUT2D eigenvalue weighted by molar-refractivity contribution is 7.92. The second-order valence-corrected chi connectivity index (χ2v) is 8.47. The number of hydrogen-bond acceptors (Lipinski definition) is 3. The Bertz CT molecular complexity index is 903. The zero-order valence-corrected chi connectivity index (χ0v) is 16.4. The first kappa shape index (κ1) is 19.8. The smallest absolute Gasteiger partial charge is 0.247 e. The van der Waals surface area contributed by atoms with Gasteiger partial charge in [-0.05, 0) is 43.3 Å². The predicted octanol–water partition coefficient (Wildman–Crippen LogP) is 4.44. The molecule has 0 fully saturated rings. The third-order valence-electron chi connectivity index (χ3n) is 3.33. The number of hydrogen-bond donors (Lipinski definition) is 1. The van der Waals surface area contributed by atoms with Crippen LogP contribution in [0, 0.1) is 0 Å². The predicted molar refractivity (Wildman–Crippen MR) is 103 cm³/mol. The molecule has 2 rings (SSSR count). The van der Waals surface area contributed by atoms with Gasteiger partial charge in [-0.15, -0.1) is 0 Å². The molecular formula is C16H15Cl3N2O3S. The van der Waals surface area contributed by atoms with Crippen LogP contribution in [0.1, 0.15) is 6.92 Å². The molecule has 5 nitrogen and oxygen atoms in total. The van der Waals surface area contributed by atoms with Crippen molar-refractivity contribution >= 4 is 62.1 Å². The highest BCUT2D eigenvalue weighted by Gasteiger charge is 2.30. The van der Waals surface area contributed by atoms with E-state index in [0.717, 1.165) is 10.6 Å². The van der Waals surface area contributed by atoms with Crippen molar-refractivity contribution in [1.29, 1.82) is 0 Å². The first-order valence-corrected chi connectivity index (χ1v) is 10.1. The van der Waals surface area contributed by atoms with Gasteiger partial charge in [0.05, 0.1) is 17.0 Å². The molecule has 9 heteroatoms. The van der Waals surface area contributed by atoms with Gasteiger partial charge in [0.2, 0.25) is 15.9 Å². The molecule has 2 aromatic carbocycles. The third-order valence-corrected chi connectivity index (χ3v) is 5.34. The zero-order valence-electron chi connectivity index (χ0n) is 13.3. The molecule has 0 aliphatic carbocycles. The third kappa shape index (κ3) is 5.01. The van der Waals surface area contributed by atoms with Crippen molar-refractivity contribution in [3.05, 3.63) is 57.5 Å².